The molecule has 0 fully saturated rings. The van der Waals surface area contributed by atoms with Gasteiger partial charge in [-0.25, -0.2) is 4.98 Å². The second-order valence-electron chi connectivity index (χ2n) is 3.70. The zero-order valence-corrected chi connectivity index (χ0v) is 11.5. The molecule has 1 aromatic heterocycles. The smallest absolute Gasteiger partial charge is 0.273 e. The molecule has 7 heteroatoms. The Labute approximate surface area is 111 Å². The quantitative estimate of drug-likeness (QED) is 0.710. The maximum absolute atomic E-state index is 12.2. The van der Waals surface area contributed by atoms with Crippen LogP contribution in [-0.2, 0) is 9.47 Å². The summed E-state index contributed by atoms with van der Waals surface area (Å²) in [6.07, 6.45) is 0.783. The molecular weight excluding hydrogens is 254 g/mol. The lowest BCUT2D eigenvalue weighted by Crippen LogP contribution is -2.35. The molecule has 0 aliphatic carbocycles. The van der Waals surface area contributed by atoms with Gasteiger partial charge in [-0.05, 0) is 6.42 Å². The van der Waals surface area contributed by atoms with Gasteiger partial charge >= 0.3 is 0 Å². The minimum absolute atomic E-state index is 0.115. The van der Waals surface area contributed by atoms with Crippen molar-refractivity contribution in [2.75, 3.05) is 46.3 Å². The molecule has 1 aromatic rings. The number of rotatable bonds is 8. The van der Waals surface area contributed by atoms with Crippen LogP contribution in [0.2, 0.25) is 0 Å². The maximum Gasteiger partial charge on any atom is 0.273 e. The van der Waals surface area contributed by atoms with Gasteiger partial charge in [0, 0.05) is 39.3 Å². The minimum Gasteiger partial charge on any atom is -0.385 e. The van der Waals surface area contributed by atoms with E-state index in [1.165, 1.54) is 11.3 Å². The summed E-state index contributed by atoms with van der Waals surface area (Å²) in [5.74, 6) is -0.115. The Morgan fingerprint density at radius 1 is 1.39 bits per heavy atom. The molecule has 0 radical (unpaired) electrons. The van der Waals surface area contributed by atoms with E-state index < -0.39 is 0 Å². The second-order valence-corrected chi connectivity index (χ2v) is 4.59. The molecule has 0 aromatic carbocycles. The van der Waals surface area contributed by atoms with Crippen LogP contribution in [0, 0.1) is 0 Å². The highest BCUT2D eigenvalue weighted by atomic mass is 32.1. The molecule has 0 atom stereocenters. The number of amides is 1. The van der Waals surface area contributed by atoms with Crippen molar-refractivity contribution in [3.8, 4) is 0 Å². The number of carbonyl (C=O) groups is 1. The molecule has 6 nitrogen and oxygen atoms in total. The standard InChI is InChI=1S/C11H19N3O3S/c1-16-6-3-4-14(5-7-17-2)10(15)9-8-18-11(12)13-9/h8H,3-7H2,1-2H3,(H2,12,13). The third-order valence-electron chi connectivity index (χ3n) is 2.37. The number of hydrogen-bond acceptors (Lipinski definition) is 6. The molecule has 1 rings (SSSR count). The summed E-state index contributed by atoms with van der Waals surface area (Å²) < 4.78 is 9.99. The van der Waals surface area contributed by atoms with Gasteiger partial charge in [0.2, 0.25) is 0 Å². The lowest BCUT2D eigenvalue weighted by Gasteiger charge is -2.21. The van der Waals surface area contributed by atoms with Crippen molar-refractivity contribution in [3.05, 3.63) is 11.1 Å². The number of anilines is 1. The van der Waals surface area contributed by atoms with E-state index in [1.54, 1.807) is 24.5 Å². The molecule has 0 aliphatic rings. The number of nitrogen functional groups attached to an aromatic ring is 1. The summed E-state index contributed by atoms with van der Waals surface area (Å²) in [5, 5.41) is 2.08. The zero-order chi connectivity index (χ0) is 13.4. The molecule has 0 aliphatic heterocycles. The van der Waals surface area contributed by atoms with E-state index in [1.807, 2.05) is 0 Å². The first-order valence-electron chi connectivity index (χ1n) is 5.67. The normalized spacial score (nSPS) is 10.6. The molecule has 1 amide bonds. The Morgan fingerprint density at radius 3 is 2.67 bits per heavy atom. The third-order valence-corrected chi connectivity index (χ3v) is 3.04. The number of hydrogen-bond donors (Lipinski definition) is 1. The lowest BCUT2D eigenvalue weighted by atomic mass is 10.3. The number of nitrogens with two attached hydrogens (primary N) is 1. The number of nitrogens with zero attached hydrogens (tertiary/aromatic N) is 2. The summed E-state index contributed by atoms with van der Waals surface area (Å²) in [6.45, 7) is 2.28. The van der Waals surface area contributed by atoms with Crippen LogP contribution in [0.1, 0.15) is 16.9 Å². The lowest BCUT2D eigenvalue weighted by molar-refractivity contribution is 0.0669. The van der Waals surface area contributed by atoms with Crippen LogP contribution in [0.5, 0.6) is 0 Å². The maximum atomic E-state index is 12.2. The van der Waals surface area contributed by atoms with E-state index in [0.717, 1.165) is 6.42 Å². The Hall–Kier alpha value is -1.18. The van der Waals surface area contributed by atoms with Gasteiger partial charge in [0.15, 0.2) is 5.13 Å². The van der Waals surface area contributed by atoms with Crippen LogP contribution >= 0.6 is 11.3 Å². The monoisotopic (exact) mass is 273 g/mol. The molecule has 0 saturated heterocycles. The molecule has 0 spiro atoms. The number of thiazole rings is 1. The fraction of sp³-hybridized carbons (Fsp3) is 0.636. The van der Waals surface area contributed by atoms with Gasteiger partial charge in [-0.15, -0.1) is 11.3 Å². The van der Waals surface area contributed by atoms with E-state index >= 15 is 0 Å². The Balaban J connectivity index is 2.59. The summed E-state index contributed by atoms with van der Waals surface area (Å²) in [6, 6.07) is 0. The SMILES string of the molecule is COCCCN(CCOC)C(=O)c1csc(N)n1. The van der Waals surface area contributed by atoms with E-state index in [2.05, 4.69) is 4.98 Å². The van der Waals surface area contributed by atoms with Crippen molar-refractivity contribution < 1.29 is 14.3 Å². The first-order chi connectivity index (χ1) is 8.69. The highest BCUT2D eigenvalue weighted by Crippen LogP contribution is 2.13. The van der Waals surface area contributed by atoms with E-state index in [9.17, 15) is 4.79 Å². The minimum atomic E-state index is -0.115. The van der Waals surface area contributed by atoms with Crippen LogP contribution < -0.4 is 5.73 Å². The van der Waals surface area contributed by atoms with Crippen molar-refractivity contribution in [2.24, 2.45) is 0 Å². The first-order valence-corrected chi connectivity index (χ1v) is 6.55. The van der Waals surface area contributed by atoms with E-state index in [4.69, 9.17) is 15.2 Å². The third kappa shape index (κ3) is 4.59. The molecular formula is C11H19N3O3S. The van der Waals surface area contributed by atoms with Gasteiger partial charge in [0.05, 0.1) is 6.61 Å². The Morgan fingerprint density at radius 2 is 2.11 bits per heavy atom. The van der Waals surface area contributed by atoms with Gasteiger partial charge in [-0.2, -0.15) is 0 Å². The summed E-state index contributed by atoms with van der Waals surface area (Å²) in [7, 11) is 3.25. The van der Waals surface area contributed by atoms with Crippen LogP contribution in [0.3, 0.4) is 0 Å². The molecule has 0 bridgehead atoms. The fourth-order valence-corrected chi connectivity index (χ4v) is 2.00. The molecule has 0 saturated carbocycles. The van der Waals surface area contributed by atoms with E-state index in [-0.39, 0.29) is 5.91 Å². The Bertz CT molecular complexity index is 370. The van der Waals surface area contributed by atoms with Gasteiger partial charge in [0.1, 0.15) is 5.69 Å². The van der Waals surface area contributed by atoms with Crippen LogP contribution in [0.4, 0.5) is 5.13 Å². The first kappa shape index (κ1) is 14.9. The summed E-state index contributed by atoms with van der Waals surface area (Å²) in [5.41, 5.74) is 5.92. The van der Waals surface area contributed by atoms with E-state index in [0.29, 0.717) is 37.1 Å². The number of methoxy groups -OCH3 is 2. The zero-order valence-electron chi connectivity index (χ0n) is 10.7. The van der Waals surface area contributed by atoms with Gasteiger partial charge in [-0.3, -0.25) is 4.79 Å². The second kappa shape index (κ2) is 8.02. The average Bonchev–Trinajstić information content (AvgIpc) is 2.79. The van der Waals surface area contributed by atoms with Crippen molar-refractivity contribution in [1.82, 2.24) is 9.88 Å². The van der Waals surface area contributed by atoms with Crippen molar-refractivity contribution in [3.63, 3.8) is 0 Å². The van der Waals surface area contributed by atoms with Crippen molar-refractivity contribution in [1.29, 1.82) is 0 Å². The van der Waals surface area contributed by atoms with Crippen LogP contribution in [0.25, 0.3) is 0 Å². The Kier molecular flexibility index (Phi) is 6.63. The predicted molar refractivity (Wildman–Crippen MR) is 70.8 cm³/mol. The molecule has 102 valence electrons. The topological polar surface area (TPSA) is 77.7 Å². The largest absolute Gasteiger partial charge is 0.385 e. The van der Waals surface area contributed by atoms with Gasteiger partial charge in [0.25, 0.3) is 5.91 Å². The number of carbonyl (C=O) groups excluding carboxylic acids is 1. The number of ether oxygens (including phenoxy) is 2. The fourth-order valence-electron chi connectivity index (χ4n) is 1.46. The molecule has 1 heterocycles. The van der Waals surface area contributed by atoms with Crippen LogP contribution in [0.15, 0.2) is 5.38 Å². The van der Waals surface area contributed by atoms with Crippen molar-refractivity contribution in [2.45, 2.75) is 6.42 Å². The highest BCUT2D eigenvalue weighted by molar-refractivity contribution is 7.13. The van der Waals surface area contributed by atoms with Gasteiger partial charge < -0.3 is 20.1 Å². The van der Waals surface area contributed by atoms with Crippen LogP contribution in [-0.4, -0.2) is 56.3 Å². The summed E-state index contributed by atoms with van der Waals surface area (Å²) in [4.78, 5) is 17.9. The summed E-state index contributed by atoms with van der Waals surface area (Å²) >= 11 is 1.27. The molecule has 18 heavy (non-hydrogen) atoms. The van der Waals surface area contributed by atoms with Crippen molar-refractivity contribution >= 4 is 22.4 Å². The average molecular weight is 273 g/mol. The molecule has 2 N–H and O–H groups in total. The molecule has 0 unspecified atom stereocenters. The van der Waals surface area contributed by atoms with Gasteiger partial charge in [-0.1, -0.05) is 0 Å². The predicted octanol–water partition coefficient (Wildman–Crippen LogP) is 0.850. The number of aromatic nitrogens is 1. The highest BCUT2D eigenvalue weighted by Gasteiger charge is 2.17.